The lowest BCUT2D eigenvalue weighted by atomic mass is 10.4. The molecule has 0 bridgehead atoms. The van der Waals surface area contributed by atoms with Gasteiger partial charge >= 0.3 is 0 Å². The Labute approximate surface area is 144 Å². The summed E-state index contributed by atoms with van der Waals surface area (Å²) in [5, 5.41) is 21.4. The fourth-order valence-corrected chi connectivity index (χ4v) is 2.31. The van der Waals surface area contributed by atoms with Crippen LogP contribution in [0.4, 0.5) is 0 Å². The highest BCUT2D eigenvalue weighted by Gasteiger charge is 2.08. The van der Waals surface area contributed by atoms with Gasteiger partial charge in [0.2, 0.25) is 5.82 Å². The average molecular weight is 343 g/mol. The number of aromatic nitrogens is 6. The Kier molecular flexibility index (Phi) is 5.39. The van der Waals surface area contributed by atoms with E-state index < -0.39 is 0 Å². The number of guanidine groups is 1. The Balaban J connectivity index is 1.46. The topological polar surface area (TPSA) is 122 Å². The molecule has 0 saturated carbocycles. The van der Waals surface area contributed by atoms with E-state index in [2.05, 4.69) is 47.9 Å². The molecule has 3 N–H and O–H groups in total. The molecule has 10 nitrogen and oxygen atoms in total. The van der Waals surface area contributed by atoms with E-state index in [0.29, 0.717) is 36.5 Å². The second-order valence-electron chi connectivity index (χ2n) is 5.23. The van der Waals surface area contributed by atoms with Crippen LogP contribution in [0.1, 0.15) is 18.6 Å². The van der Waals surface area contributed by atoms with Crippen LogP contribution in [0.15, 0.2) is 34.1 Å². The third kappa shape index (κ3) is 4.22. The summed E-state index contributed by atoms with van der Waals surface area (Å²) in [4.78, 5) is 8.57. The molecule has 10 heteroatoms. The first-order chi connectivity index (χ1) is 12.3. The van der Waals surface area contributed by atoms with E-state index in [-0.39, 0.29) is 0 Å². The number of aryl methyl sites for hydroxylation is 1. The van der Waals surface area contributed by atoms with Crippen molar-refractivity contribution in [2.75, 3.05) is 13.6 Å². The summed E-state index contributed by atoms with van der Waals surface area (Å²) < 4.78 is 7.29. The van der Waals surface area contributed by atoms with E-state index >= 15 is 0 Å². The molecule has 0 fully saturated rings. The Bertz CT molecular complexity index is 803. The van der Waals surface area contributed by atoms with Gasteiger partial charge in [-0.05, 0) is 12.1 Å². The molecular weight excluding hydrogens is 322 g/mol. The first-order valence-electron chi connectivity index (χ1n) is 8.06. The molecular formula is C15H21N9O. The van der Waals surface area contributed by atoms with Crippen molar-refractivity contribution >= 4 is 5.96 Å². The van der Waals surface area contributed by atoms with Crippen molar-refractivity contribution in [1.29, 1.82) is 0 Å². The van der Waals surface area contributed by atoms with Gasteiger partial charge in [0, 0.05) is 26.6 Å². The molecule has 3 aromatic rings. The monoisotopic (exact) mass is 343 g/mol. The zero-order valence-electron chi connectivity index (χ0n) is 14.2. The van der Waals surface area contributed by atoms with Gasteiger partial charge < -0.3 is 19.6 Å². The summed E-state index contributed by atoms with van der Waals surface area (Å²) in [5.74, 6) is 3.51. The molecule has 25 heavy (non-hydrogen) atoms. The predicted molar refractivity (Wildman–Crippen MR) is 91.7 cm³/mol. The highest BCUT2D eigenvalue weighted by Crippen LogP contribution is 2.14. The van der Waals surface area contributed by atoms with Crippen LogP contribution in [0.5, 0.6) is 0 Å². The van der Waals surface area contributed by atoms with Crippen LogP contribution in [0, 0.1) is 0 Å². The number of rotatable bonds is 7. The maximum atomic E-state index is 5.27. The Morgan fingerprint density at radius 3 is 3.08 bits per heavy atom. The van der Waals surface area contributed by atoms with Crippen molar-refractivity contribution in [3.05, 3.63) is 36.4 Å². The quantitative estimate of drug-likeness (QED) is 0.424. The van der Waals surface area contributed by atoms with Crippen molar-refractivity contribution in [1.82, 2.24) is 40.6 Å². The third-order valence-corrected chi connectivity index (χ3v) is 3.58. The first kappa shape index (κ1) is 16.7. The van der Waals surface area contributed by atoms with Gasteiger partial charge in [-0.1, -0.05) is 6.92 Å². The molecule has 0 unspecified atom stereocenters. The van der Waals surface area contributed by atoms with Crippen LogP contribution in [-0.4, -0.2) is 49.5 Å². The molecule has 0 saturated heterocycles. The van der Waals surface area contributed by atoms with Gasteiger partial charge in [-0.25, -0.2) is 4.98 Å². The molecule has 0 amide bonds. The van der Waals surface area contributed by atoms with E-state index in [1.54, 1.807) is 25.7 Å². The zero-order valence-corrected chi connectivity index (χ0v) is 14.2. The number of hydrogen-bond acceptors (Lipinski definition) is 6. The average Bonchev–Trinajstić information content (AvgIpc) is 3.38. The number of H-pyrrole nitrogens is 1. The normalized spacial score (nSPS) is 11.7. The maximum absolute atomic E-state index is 5.27. The molecule has 3 heterocycles. The van der Waals surface area contributed by atoms with Crippen molar-refractivity contribution in [3.63, 3.8) is 0 Å². The van der Waals surface area contributed by atoms with Gasteiger partial charge in [0.15, 0.2) is 11.7 Å². The Morgan fingerprint density at radius 1 is 1.40 bits per heavy atom. The van der Waals surface area contributed by atoms with E-state index in [9.17, 15) is 0 Å². The van der Waals surface area contributed by atoms with Crippen molar-refractivity contribution in [3.8, 4) is 11.6 Å². The van der Waals surface area contributed by atoms with Crippen LogP contribution in [-0.2, 0) is 19.5 Å². The van der Waals surface area contributed by atoms with Gasteiger partial charge in [0.25, 0.3) is 0 Å². The summed E-state index contributed by atoms with van der Waals surface area (Å²) in [6.07, 6.45) is 4.19. The molecule has 0 aromatic carbocycles. The Hall–Kier alpha value is -3.17. The van der Waals surface area contributed by atoms with Crippen LogP contribution in [0.2, 0.25) is 0 Å². The van der Waals surface area contributed by atoms with Gasteiger partial charge in [0.1, 0.15) is 18.0 Å². The fourth-order valence-electron chi connectivity index (χ4n) is 2.31. The van der Waals surface area contributed by atoms with E-state index in [1.807, 2.05) is 10.6 Å². The highest BCUT2D eigenvalue weighted by molar-refractivity contribution is 5.79. The van der Waals surface area contributed by atoms with Crippen LogP contribution >= 0.6 is 0 Å². The highest BCUT2D eigenvalue weighted by atomic mass is 16.3. The van der Waals surface area contributed by atoms with E-state index in [0.717, 1.165) is 18.8 Å². The van der Waals surface area contributed by atoms with Crippen LogP contribution in [0.3, 0.4) is 0 Å². The summed E-state index contributed by atoms with van der Waals surface area (Å²) in [5.41, 5.74) is 0. The van der Waals surface area contributed by atoms with Crippen LogP contribution < -0.4 is 10.6 Å². The molecule has 3 aromatic heterocycles. The third-order valence-electron chi connectivity index (χ3n) is 3.58. The summed E-state index contributed by atoms with van der Waals surface area (Å²) in [6.45, 7) is 4.00. The minimum atomic E-state index is 0.472. The molecule has 0 spiro atoms. The lowest BCUT2D eigenvalue weighted by Crippen LogP contribution is -2.38. The molecule has 0 aliphatic heterocycles. The predicted octanol–water partition coefficient (Wildman–Crippen LogP) is 0.584. The zero-order chi connectivity index (χ0) is 17.5. The van der Waals surface area contributed by atoms with Gasteiger partial charge in [-0.3, -0.25) is 10.1 Å². The number of nitrogens with one attached hydrogen (secondary N) is 3. The van der Waals surface area contributed by atoms with Crippen molar-refractivity contribution < 1.29 is 4.42 Å². The SMILES string of the molecule is CCc1nncn1CCNC(=NC)NCc1nc(-c2ccco2)n[nH]1. The largest absolute Gasteiger partial charge is 0.461 e. The lowest BCUT2D eigenvalue weighted by Gasteiger charge is -2.11. The minimum Gasteiger partial charge on any atom is -0.461 e. The standard InChI is InChI=1S/C15H21N9O/c1-3-13-22-19-10-24(13)7-6-17-15(16-2)18-9-12-20-14(23-21-12)11-5-4-8-25-11/h4-5,8,10H,3,6-7,9H2,1-2H3,(H2,16,17,18)(H,20,21,23). The minimum absolute atomic E-state index is 0.472. The van der Waals surface area contributed by atoms with E-state index in [4.69, 9.17) is 4.42 Å². The molecule has 0 radical (unpaired) electrons. The first-order valence-corrected chi connectivity index (χ1v) is 8.06. The molecule has 132 valence electrons. The number of aliphatic imine (C=N–C) groups is 1. The van der Waals surface area contributed by atoms with E-state index in [1.165, 1.54) is 0 Å². The molecule has 0 aliphatic rings. The number of nitrogens with zero attached hydrogens (tertiary/aromatic N) is 6. The summed E-state index contributed by atoms with van der Waals surface area (Å²) in [6, 6.07) is 3.62. The summed E-state index contributed by atoms with van der Waals surface area (Å²) in [7, 11) is 1.72. The Morgan fingerprint density at radius 2 is 2.32 bits per heavy atom. The molecule has 3 rings (SSSR count). The number of aromatic amines is 1. The van der Waals surface area contributed by atoms with Crippen LogP contribution in [0.25, 0.3) is 11.6 Å². The fraction of sp³-hybridized carbons (Fsp3) is 0.400. The van der Waals surface area contributed by atoms with Gasteiger partial charge in [0.05, 0.1) is 12.8 Å². The number of furan rings is 1. The van der Waals surface area contributed by atoms with Gasteiger partial charge in [-0.15, -0.1) is 15.3 Å². The summed E-state index contributed by atoms with van der Waals surface area (Å²) >= 11 is 0. The molecule has 0 aliphatic carbocycles. The second-order valence-corrected chi connectivity index (χ2v) is 5.23. The second kappa shape index (κ2) is 8.08. The van der Waals surface area contributed by atoms with Gasteiger partial charge in [-0.2, -0.15) is 0 Å². The lowest BCUT2D eigenvalue weighted by molar-refractivity contribution is 0.577. The maximum Gasteiger partial charge on any atom is 0.216 e. The van der Waals surface area contributed by atoms with Crippen molar-refractivity contribution in [2.24, 2.45) is 4.99 Å². The number of hydrogen-bond donors (Lipinski definition) is 3. The smallest absolute Gasteiger partial charge is 0.216 e. The van der Waals surface area contributed by atoms with Crippen molar-refractivity contribution in [2.45, 2.75) is 26.4 Å². The molecule has 0 atom stereocenters.